The average Bonchev–Trinajstić information content (AvgIpc) is 2.43. The summed E-state index contributed by atoms with van der Waals surface area (Å²) in [7, 11) is 0. The van der Waals surface area contributed by atoms with Crippen LogP contribution in [0, 0.1) is 5.82 Å². The first-order valence-electron chi connectivity index (χ1n) is 6.15. The van der Waals surface area contributed by atoms with Crippen LogP contribution in [-0.2, 0) is 11.0 Å². The van der Waals surface area contributed by atoms with Crippen molar-refractivity contribution in [1.82, 2.24) is 0 Å². The van der Waals surface area contributed by atoms with E-state index in [2.05, 4.69) is 0 Å². The molecule has 0 aliphatic rings. The zero-order valence-electron chi connectivity index (χ0n) is 11.1. The number of carboxylic acids is 1. The molecule has 114 valence electrons. The van der Waals surface area contributed by atoms with Gasteiger partial charge >= 0.3 is 12.1 Å². The summed E-state index contributed by atoms with van der Waals surface area (Å²) in [5.74, 6) is -1.83. The molecular weight excluding hydrogens is 300 g/mol. The SMILES string of the molecule is O=C(O)/C=C/c1cc(C(F)(F)F)ccc1-c1cccc(F)c1. The van der Waals surface area contributed by atoms with Crippen molar-refractivity contribution in [2.75, 3.05) is 0 Å². The summed E-state index contributed by atoms with van der Waals surface area (Å²) in [5, 5.41) is 8.64. The molecule has 2 aromatic rings. The highest BCUT2D eigenvalue weighted by Crippen LogP contribution is 2.34. The van der Waals surface area contributed by atoms with E-state index >= 15 is 0 Å². The Morgan fingerprint density at radius 3 is 2.41 bits per heavy atom. The molecule has 0 bridgehead atoms. The van der Waals surface area contributed by atoms with Crippen molar-refractivity contribution in [2.45, 2.75) is 6.18 Å². The molecule has 0 saturated carbocycles. The molecule has 0 aliphatic carbocycles. The molecule has 0 aromatic heterocycles. The number of rotatable bonds is 3. The van der Waals surface area contributed by atoms with Gasteiger partial charge in [0.15, 0.2) is 0 Å². The number of alkyl halides is 3. The minimum Gasteiger partial charge on any atom is -0.478 e. The Bertz CT molecular complexity index is 733. The van der Waals surface area contributed by atoms with E-state index in [-0.39, 0.29) is 5.56 Å². The maximum atomic E-state index is 13.3. The maximum absolute atomic E-state index is 13.3. The average molecular weight is 310 g/mol. The van der Waals surface area contributed by atoms with Crippen LogP contribution in [-0.4, -0.2) is 11.1 Å². The predicted octanol–water partition coefficient (Wildman–Crippen LogP) is 4.61. The fraction of sp³-hybridized carbons (Fsp3) is 0.0625. The van der Waals surface area contributed by atoms with Crippen molar-refractivity contribution in [3.63, 3.8) is 0 Å². The Balaban J connectivity index is 2.60. The second-order valence-corrected chi connectivity index (χ2v) is 4.48. The maximum Gasteiger partial charge on any atom is 0.416 e. The quantitative estimate of drug-likeness (QED) is 0.664. The van der Waals surface area contributed by atoms with E-state index in [1.807, 2.05) is 0 Å². The summed E-state index contributed by atoms with van der Waals surface area (Å²) in [6.45, 7) is 0. The summed E-state index contributed by atoms with van der Waals surface area (Å²) >= 11 is 0. The number of hydrogen-bond donors (Lipinski definition) is 1. The van der Waals surface area contributed by atoms with E-state index in [1.165, 1.54) is 30.3 Å². The summed E-state index contributed by atoms with van der Waals surface area (Å²) in [4.78, 5) is 10.6. The van der Waals surface area contributed by atoms with Crippen molar-refractivity contribution in [2.24, 2.45) is 0 Å². The Morgan fingerprint density at radius 2 is 1.82 bits per heavy atom. The van der Waals surface area contributed by atoms with Gasteiger partial charge in [-0.3, -0.25) is 0 Å². The van der Waals surface area contributed by atoms with Gasteiger partial charge in [-0.25, -0.2) is 9.18 Å². The van der Waals surface area contributed by atoms with Crippen molar-refractivity contribution in [3.8, 4) is 11.1 Å². The first kappa shape index (κ1) is 15.8. The number of hydrogen-bond acceptors (Lipinski definition) is 1. The van der Waals surface area contributed by atoms with Crippen LogP contribution in [0.25, 0.3) is 17.2 Å². The van der Waals surface area contributed by atoms with Crippen LogP contribution in [0.1, 0.15) is 11.1 Å². The lowest BCUT2D eigenvalue weighted by Gasteiger charge is -2.12. The second kappa shape index (κ2) is 6.01. The number of carbonyl (C=O) groups is 1. The molecule has 0 unspecified atom stereocenters. The lowest BCUT2D eigenvalue weighted by molar-refractivity contribution is -0.137. The molecule has 0 atom stereocenters. The van der Waals surface area contributed by atoms with Gasteiger partial charge in [-0.05, 0) is 47.0 Å². The van der Waals surface area contributed by atoms with Crippen molar-refractivity contribution < 1.29 is 27.5 Å². The van der Waals surface area contributed by atoms with E-state index in [4.69, 9.17) is 5.11 Å². The van der Waals surface area contributed by atoms with Crippen molar-refractivity contribution in [1.29, 1.82) is 0 Å². The summed E-state index contributed by atoms with van der Waals surface area (Å²) < 4.78 is 51.6. The summed E-state index contributed by atoms with van der Waals surface area (Å²) in [5.41, 5.74) is -0.190. The number of aliphatic carboxylic acids is 1. The van der Waals surface area contributed by atoms with Gasteiger partial charge in [-0.2, -0.15) is 13.2 Å². The largest absolute Gasteiger partial charge is 0.478 e. The first-order chi connectivity index (χ1) is 10.3. The van der Waals surface area contributed by atoms with E-state index in [1.54, 1.807) is 0 Å². The fourth-order valence-electron chi connectivity index (χ4n) is 1.96. The van der Waals surface area contributed by atoms with Gasteiger partial charge in [0.2, 0.25) is 0 Å². The van der Waals surface area contributed by atoms with Gasteiger partial charge in [0, 0.05) is 6.08 Å². The third-order valence-corrected chi connectivity index (χ3v) is 2.92. The molecule has 0 aliphatic heterocycles. The Kier molecular flexibility index (Phi) is 4.30. The Labute approximate surface area is 123 Å². The zero-order valence-corrected chi connectivity index (χ0v) is 11.1. The van der Waals surface area contributed by atoms with Crippen molar-refractivity contribution in [3.05, 3.63) is 65.5 Å². The van der Waals surface area contributed by atoms with Crippen LogP contribution in [0.3, 0.4) is 0 Å². The molecule has 0 radical (unpaired) electrons. The van der Waals surface area contributed by atoms with Gasteiger partial charge in [0.05, 0.1) is 5.56 Å². The van der Waals surface area contributed by atoms with E-state index in [0.717, 1.165) is 24.3 Å². The van der Waals surface area contributed by atoms with Gasteiger partial charge in [-0.15, -0.1) is 0 Å². The topological polar surface area (TPSA) is 37.3 Å². The first-order valence-corrected chi connectivity index (χ1v) is 6.15. The molecule has 0 heterocycles. The standard InChI is InChI=1S/C16H10F4O2/c17-13-3-1-2-10(9-13)14-6-5-12(16(18,19)20)8-11(14)4-7-15(21)22/h1-9H,(H,21,22)/b7-4+. The number of carboxylic acid groups (broad SMARTS) is 1. The monoisotopic (exact) mass is 310 g/mol. The molecule has 6 heteroatoms. The molecule has 0 fully saturated rings. The predicted molar refractivity (Wildman–Crippen MR) is 73.5 cm³/mol. The minimum absolute atomic E-state index is 0.0443. The summed E-state index contributed by atoms with van der Waals surface area (Å²) in [6.07, 6.45) is -2.76. The lowest BCUT2D eigenvalue weighted by Crippen LogP contribution is -2.05. The van der Waals surface area contributed by atoms with Crippen molar-refractivity contribution >= 4 is 12.0 Å². The van der Waals surface area contributed by atoms with E-state index < -0.39 is 23.5 Å². The molecule has 22 heavy (non-hydrogen) atoms. The van der Waals surface area contributed by atoms with Gasteiger partial charge in [-0.1, -0.05) is 18.2 Å². The summed E-state index contributed by atoms with van der Waals surface area (Å²) in [6, 6.07) is 8.23. The molecule has 1 N–H and O–H groups in total. The second-order valence-electron chi connectivity index (χ2n) is 4.48. The Morgan fingerprint density at radius 1 is 1.09 bits per heavy atom. The molecule has 2 rings (SSSR count). The van der Waals surface area contributed by atoms with Gasteiger partial charge < -0.3 is 5.11 Å². The molecule has 2 aromatic carbocycles. The smallest absolute Gasteiger partial charge is 0.416 e. The van der Waals surface area contributed by atoms with Crippen LogP contribution >= 0.6 is 0 Å². The number of benzene rings is 2. The highest BCUT2D eigenvalue weighted by atomic mass is 19.4. The number of halogens is 4. The van der Waals surface area contributed by atoms with Gasteiger partial charge in [0.25, 0.3) is 0 Å². The lowest BCUT2D eigenvalue weighted by atomic mass is 9.97. The highest BCUT2D eigenvalue weighted by Gasteiger charge is 2.30. The van der Waals surface area contributed by atoms with Crippen LogP contribution in [0.5, 0.6) is 0 Å². The Hall–Kier alpha value is -2.63. The van der Waals surface area contributed by atoms with Crippen LogP contribution < -0.4 is 0 Å². The van der Waals surface area contributed by atoms with Crippen LogP contribution in [0.15, 0.2) is 48.5 Å². The highest BCUT2D eigenvalue weighted by molar-refractivity contribution is 5.88. The third-order valence-electron chi connectivity index (χ3n) is 2.92. The van der Waals surface area contributed by atoms with Crippen LogP contribution in [0.4, 0.5) is 17.6 Å². The zero-order chi connectivity index (χ0) is 16.3. The fourth-order valence-corrected chi connectivity index (χ4v) is 1.96. The van der Waals surface area contributed by atoms with E-state index in [0.29, 0.717) is 11.1 Å². The third kappa shape index (κ3) is 3.72. The molecule has 0 saturated heterocycles. The molecule has 0 amide bonds. The normalized spacial score (nSPS) is 11.8. The van der Waals surface area contributed by atoms with Crippen LogP contribution in [0.2, 0.25) is 0 Å². The molecule has 0 spiro atoms. The minimum atomic E-state index is -4.55. The molecular formula is C16H10F4O2. The van der Waals surface area contributed by atoms with E-state index in [9.17, 15) is 22.4 Å². The van der Waals surface area contributed by atoms with Gasteiger partial charge in [0.1, 0.15) is 5.82 Å². The molecule has 2 nitrogen and oxygen atoms in total.